The molecule has 0 saturated carbocycles. The van der Waals surface area contributed by atoms with Crippen LogP contribution in [0.3, 0.4) is 0 Å². The zero-order chi connectivity index (χ0) is 11.5. The molecule has 0 aliphatic heterocycles. The number of benzene rings is 1. The number of aromatic nitrogens is 1. The van der Waals surface area contributed by atoms with Crippen LogP contribution in [-0.4, -0.2) is 4.98 Å². The molecule has 0 fully saturated rings. The lowest BCUT2D eigenvalue weighted by atomic mass is 10.1. The van der Waals surface area contributed by atoms with E-state index in [1.807, 2.05) is 30.5 Å². The van der Waals surface area contributed by atoms with Gasteiger partial charge in [0, 0.05) is 10.9 Å². The van der Waals surface area contributed by atoms with Crippen molar-refractivity contribution in [3.63, 3.8) is 0 Å². The molecule has 0 aliphatic rings. The van der Waals surface area contributed by atoms with Gasteiger partial charge in [0.15, 0.2) is 0 Å². The molecule has 1 heterocycles. The molecule has 80 valence electrons. The van der Waals surface area contributed by atoms with Gasteiger partial charge in [-0.05, 0) is 19.1 Å². The maximum atomic E-state index is 8.81. The summed E-state index contributed by atoms with van der Waals surface area (Å²) in [5, 5.41) is 11.7. The summed E-state index contributed by atoms with van der Waals surface area (Å²) in [7, 11) is 0. The molecule has 0 radical (unpaired) electrons. The highest BCUT2D eigenvalue weighted by Gasteiger charge is 2.07. The molecule has 2 rings (SSSR count). The van der Waals surface area contributed by atoms with Crippen molar-refractivity contribution in [1.82, 2.24) is 4.98 Å². The third-order valence-electron chi connectivity index (χ3n) is 2.20. The van der Waals surface area contributed by atoms with Gasteiger partial charge in [0.05, 0.1) is 23.4 Å². The molecule has 2 aromatic rings. The average Bonchev–Trinajstić information content (AvgIpc) is 2.78. The first-order chi connectivity index (χ1) is 7.70. The van der Waals surface area contributed by atoms with Crippen LogP contribution in [0.25, 0.3) is 11.3 Å². The van der Waals surface area contributed by atoms with E-state index in [2.05, 4.69) is 11.1 Å². The fourth-order valence-corrected chi connectivity index (χ4v) is 2.16. The first kappa shape index (κ1) is 10.8. The van der Waals surface area contributed by atoms with Crippen LogP contribution < -0.4 is 5.73 Å². The van der Waals surface area contributed by atoms with E-state index in [4.69, 9.17) is 11.0 Å². The second-order valence-corrected chi connectivity index (χ2v) is 4.44. The Balaban J connectivity index is 2.39. The molecular weight excluding hydrogens is 218 g/mol. The molecule has 2 N–H and O–H groups in total. The summed E-state index contributed by atoms with van der Waals surface area (Å²) in [5.74, 6) is 0. The number of thiazole rings is 1. The minimum Gasteiger partial charge on any atom is -0.322 e. The zero-order valence-corrected chi connectivity index (χ0v) is 9.66. The number of hydrogen-bond acceptors (Lipinski definition) is 4. The van der Waals surface area contributed by atoms with E-state index < -0.39 is 0 Å². The SMILES string of the molecule is CC(N)c1nc(-c2cccc(C#N)c2)cs1. The molecule has 1 aromatic carbocycles. The van der Waals surface area contributed by atoms with Crippen LogP contribution in [0.2, 0.25) is 0 Å². The molecule has 1 aromatic heterocycles. The standard InChI is InChI=1S/C12H11N3S/c1-8(14)12-15-11(7-16-12)10-4-2-3-9(5-10)6-13/h2-5,7-8H,14H2,1H3. The fraction of sp³-hybridized carbons (Fsp3) is 0.167. The van der Waals surface area contributed by atoms with E-state index in [0.717, 1.165) is 16.3 Å². The Bertz CT molecular complexity index is 537. The Morgan fingerprint density at radius 2 is 2.31 bits per heavy atom. The lowest BCUT2D eigenvalue weighted by Crippen LogP contribution is -2.03. The quantitative estimate of drug-likeness (QED) is 0.861. The normalized spacial score (nSPS) is 12.1. The van der Waals surface area contributed by atoms with Crippen LogP contribution in [0.1, 0.15) is 23.5 Å². The van der Waals surface area contributed by atoms with Gasteiger partial charge in [0.1, 0.15) is 5.01 Å². The van der Waals surface area contributed by atoms with E-state index in [1.54, 1.807) is 17.4 Å². The molecule has 0 saturated heterocycles. The van der Waals surface area contributed by atoms with Gasteiger partial charge >= 0.3 is 0 Å². The monoisotopic (exact) mass is 229 g/mol. The smallest absolute Gasteiger partial charge is 0.110 e. The summed E-state index contributed by atoms with van der Waals surface area (Å²) >= 11 is 1.55. The van der Waals surface area contributed by atoms with E-state index in [1.165, 1.54) is 0 Å². The first-order valence-electron chi connectivity index (χ1n) is 4.92. The summed E-state index contributed by atoms with van der Waals surface area (Å²) in [6, 6.07) is 9.49. The van der Waals surface area contributed by atoms with Crippen molar-refractivity contribution in [2.45, 2.75) is 13.0 Å². The Kier molecular flexibility index (Phi) is 3.00. The second-order valence-electron chi connectivity index (χ2n) is 3.55. The second kappa shape index (κ2) is 4.44. The van der Waals surface area contributed by atoms with Crippen molar-refractivity contribution in [2.75, 3.05) is 0 Å². The summed E-state index contributed by atoms with van der Waals surface area (Å²) in [5.41, 5.74) is 8.25. The maximum absolute atomic E-state index is 8.81. The van der Waals surface area contributed by atoms with Crippen LogP contribution >= 0.6 is 11.3 Å². The molecule has 3 nitrogen and oxygen atoms in total. The molecule has 0 bridgehead atoms. The number of hydrogen-bond donors (Lipinski definition) is 1. The van der Waals surface area contributed by atoms with Gasteiger partial charge in [-0.25, -0.2) is 4.98 Å². The number of nitrogens with two attached hydrogens (primary N) is 1. The van der Waals surface area contributed by atoms with E-state index in [0.29, 0.717) is 5.56 Å². The average molecular weight is 229 g/mol. The van der Waals surface area contributed by atoms with Gasteiger partial charge in [-0.2, -0.15) is 5.26 Å². The molecule has 16 heavy (non-hydrogen) atoms. The summed E-state index contributed by atoms with van der Waals surface area (Å²) in [6.07, 6.45) is 0. The van der Waals surface area contributed by atoms with Crippen molar-refractivity contribution in [2.24, 2.45) is 5.73 Å². The van der Waals surface area contributed by atoms with Crippen molar-refractivity contribution >= 4 is 11.3 Å². The lowest BCUT2D eigenvalue weighted by Gasteiger charge is -1.98. The third kappa shape index (κ3) is 2.11. The van der Waals surface area contributed by atoms with Crippen molar-refractivity contribution in [3.05, 3.63) is 40.2 Å². The lowest BCUT2D eigenvalue weighted by molar-refractivity contribution is 0.808. The molecule has 0 amide bonds. The first-order valence-corrected chi connectivity index (χ1v) is 5.80. The summed E-state index contributed by atoms with van der Waals surface area (Å²) in [6.45, 7) is 1.91. The van der Waals surface area contributed by atoms with Crippen LogP contribution in [-0.2, 0) is 0 Å². The van der Waals surface area contributed by atoms with Crippen LogP contribution in [0.4, 0.5) is 0 Å². The highest BCUT2D eigenvalue weighted by Crippen LogP contribution is 2.24. The van der Waals surface area contributed by atoms with Gasteiger partial charge in [-0.15, -0.1) is 11.3 Å². The predicted octanol–water partition coefficient (Wildman–Crippen LogP) is 2.70. The molecule has 1 unspecified atom stereocenters. The van der Waals surface area contributed by atoms with Gasteiger partial charge in [0.2, 0.25) is 0 Å². The Morgan fingerprint density at radius 3 is 2.94 bits per heavy atom. The zero-order valence-electron chi connectivity index (χ0n) is 8.84. The summed E-state index contributed by atoms with van der Waals surface area (Å²) in [4.78, 5) is 4.44. The molecule has 0 spiro atoms. The van der Waals surface area contributed by atoms with Crippen LogP contribution in [0, 0.1) is 11.3 Å². The molecule has 0 aliphatic carbocycles. The van der Waals surface area contributed by atoms with Gasteiger partial charge < -0.3 is 5.73 Å². The number of nitrogens with zero attached hydrogens (tertiary/aromatic N) is 2. The molecule has 1 atom stereocenters. The maximum Gasteiger partial charge on any atom is 0.110 e. The number of rotatable bonds is 2. The third-order valence-corrected chi connectivity index (χ3v) is 3.24. The van der Waals surface area contributed by atoms with E-state index in [9.17, 15) is 0 Å². The largest absolute Gasteiger partial charge is 0.322 e. The Morgan fingerprint density at radius 1 is 1.50 bits per heavy atom. The van der Waals surface area contributed by atoms with Gasteiger partial charge in [-0.1, -0.05) is 12.1 Å². The highest BCUT2D eigenvalue weighted by atomic mass is 32.1. The van der Waals surface area contributed by atoms with Crippen molar-refractivity contribution in [3.8, 4) is 17.3 Å². The van der Waals surface area contributed by atoms with Gasteiger partial charge in [-0.3, -0.25) is 0 Å². The predicted molar refractivity (Wildman–Crippen MR) is 64.9 cm³/mol. The van der Waals surface area contributed by atoms with Crippen molar-refractivity contribution < 1.29 is 0 Å². The highest BCUT2D eigenvalue weighted by molar-refractivity contribution is 7.10. The van der Waals surface area contributed by atoms with E-state index >= 15 is 0 Å². The minimum absolute atomic E-state index is 0.0436. The minimum atomic E-state index is -0.0436. The summed E-state index contributed by atoms with van der Waals surface area (Å²) < 4.78 is 0. The number of nitriles is 1. The van der Waals surface area contributed by atoms with E-state index in [-0.39, 0.29) is 6.04 Å². The molecule has 4 heteroatoms. The van der Waals surface area contributed by atoms with Crippen molar-refractivity contribution in [1.29, 1.82) is 5.26 Å². The molecular formula is C12H11N3S. The topological polar surface area (TPSA) is 62.7 Å². The van der Waals surface area contributed by atoms with Gasteiger partial charge in [0.25, 0.3) is 0 Å². The Hall–Kier alpha value is -1.70. The Labute approximate surface area is 98.2 Å². The van der Waals surface area contributed by atoms with Crippen LogP contribution in [0.5, 0.6) is 0 Å². The fourth-order valence-electron chi connectivity index (χ4n) is 1.38. The van der Waals surface area contributed by atoms with Crippen LogP contribution in [0.15, 0.2) is 29.6 Å².